The highest BCUT2D eigenvalue weighted by Crippen LogP contribution is 2.45. The molecule has 0 aromatic carbocycles. The van der Waals surface area contributed by atoms with Crippen LogP contribution in [0.15, 0.2) is 22.8 Å². The smallest absolute Gasteiger partial charge is 0.334 e. The van der Waals surface area contributed by atoms with E-state index in [1.165, 1.54) is 14.0 Å². The number of ether oxygens (including phenoxy) is 3. The van der Waals surface area contributed by atoms with Crippen molar-refractivity contribution in [2.24, 2.45) is 0 Å². The van der Waals surface area contributed by atoms with Gasteiger partial charge in [0.15, 0.2) is 11.9 Å². The summed E-state index contributed by atoms with van der Waals surface area (Å²) in [6.45, 7) is 3.39. The molecule has 2 aliphatic heterocycles. The van der Waals surface area contributed by atoms with Gasteiger partial charge in [-0.3, -0.25) is 4.79 Å². The molecular formula is C16H18O6. The second-order valence-corrected chi connectivity index (χ2v) is 6.11. The molecule has 3 rings (SSSR count). The van der Waals surface area contributed by atoms with Crippen molar-refractivity contribution < 1.29 is 28.6 Å². The fraction of sp³-hybridized carbons (Fsp3) is 0.562. The van der Waals surface area contributed by atoms with E-state index < -0.39 is 23.6 Å². The number of Topliss-reactive ketones (excluding diaryl/α,β-unsaturated/α-hetero) is 1. The number of esters is 2. The number of epoxide rings is 1. The third-order valence-corrected chi connectivity index (χ3v) is 4.55. The van der Waals surface area contributed by atoms with Crippen LogP contribution in [-0.2, 0) is 28.6 Å². The Kier molecular flexibility index (Phi) is 3.44. The van der Waals surface area contributed by atoms with Gasteiger partial charge in [-0.2, -0.15) is 0 Å². The van der Waals surface area contributed by atoms with Crippen LogP contribution in [0.5, 0.6) is 0 Å². The molecule has 0 aromatic heterocycles. The maximum absolute atomic E-state index is 12.7. The van der Waals surface area contributed by atoms with Crippen molar-refractivity contribution in [1.29, 1.82) is 0 Å². The molecule has 6 heteroatoms. The van der Waals surface area contributed by atoms with E-state index in [4.69, 9.17) is 14.2 Å². The Balaban J connectivity index is 2.04. The predicted octanol–water partition coefficient (Wildman–Crippen LogP) is 1.24. The lowest BCUT2D eigenvalue weighted by atomic mass is 9.88. The molecular weight excluding hydrogens is 288 g/mol. The van der Waals surface area contributed by atoms with Crippen LogP contribution in [-0.4, -0.2) is 42.6 Å². The van der Waals surface area contributed by atoms with Gasteiger partial charge in [0, 0.05) is 23.1 Å². The van der Waals surface area contributed by atoms with Gasteiger partial charge in [0.05, 0.1) is 18.8 Å². The lowest BCUT2D eigenvalue weighted by Gasteiger charge is -2.16. The molecule has 3 aliphatic rings. The average Bonchev–Trinajstić information content (AvgIpc) is 2.96. The van der Waals surface area contributed by atoms with Crippen LogP contribution in [0, 0.1) is 0 Å². The normalized spacial score (nSPS) is 36.0. The van der Waals surface area contributed by atoms with Gasteiger partial charge in [-0.25, -0.2) is 9.59 Å². The maximum atomic E-state index is 12.7. The molecule has 0 saturated carbocycles. The Hall–Kier alpha value is -1.95. The topological polar surface area (TPSA) is 82.2 Å². The van der Waals surface area contributed by atoms with Crippen molar-refractivity contribution in [3.05, 3.63) is 22.8 Å². The van der Waals surface area contributed by atoms with E-state index in [0.29, 0.717) is 18.4 Å². The van der Waals surface area contributed by atoms with Crippen molar-refractivity contribution in [2.45, 2.75) is 50.9 Å². The summed E-state index contributed by atoms with van der Waals surface area (Å²) < 4.78 is 15.6. The first-order chi connectivity index (χ1) is 10.4. The van der Waals surface area contributed by atoms with Crippen LogP contribution in [0.1, 0.15) is 33.1 Å². The second kappa shape index (κ2) is 5.05. The zero-order valence-corrected chi connectivity index (χ0v) is 12.8. The number of rotatable bonds is 1. The van der Waals surface area contributed by atoms with Crippen LogP contribution >= 0.6 is 0 Å². The molecule has 3 atom stereocenters. The lowest BCUT2D eigenvalue weighted by Crippen LogP contribution is -2.26. The van der Waals surface area contributed by atoms with Crippen molar-refractivity contribution in [1.82, 2.24) is 0 Å². The molecule has 3 unspecified atom stereocenters. The van der Waals surface area contributed by atoms with Crippen molar-refractivity contribution in [3.63, 3.8) is 0 Å². The molecule has 1 fully saturated rings. The highest BCUT2D eigenvalue weighted by Gasteiger charge is 2.54. The fourth-order valence-corrected chi connectivity index (χ4v) is 3.16. The van der Waals surface area contributed by atoms with Crippen molar-refractivity contribution >= 4 is 17.7 Å². The molecule has 0 aromatic rings. The highest BCUT2D eigenvalue weighted by molar-refractivity contribution is 6.06. The summed E-state index contributed by atoms with van der Waals surface area (Å²) in [5.74, 6) is -1.28. The summed E-state index contributed by atoms with van der Waals surface area (Å²) in [4.78, 5) is 36.4. The van der Waals surface area contributed by atoms with Gasteiger partial charge < -0.3 is 14.2 Å². The monoisotopic (exact) mass is 306 g/mol. The van der Waals surface area contributed by atoms with E-state index >= 15 is 0 Å². The molecule has 0 radical (unpaired) electrons. The van der Waals surface area contributed by atoms with Gasteiger partial charge in [-0.05, 0) is 32.8 Å². The third-order valence-electron chi connectivity index (χ3n) is 4.55. The van der Waals surface area contributed by atoms with E-state index in [2.05, 4.69) is 0 Å². The van der Waals surface area contributed by atoms with Gasteiger partial charge >= 0.3 is 11.9 Å². The van der Waals surface area contributed by atoms with Crippen LogP contribution < -0.4 is 0 Å². The SMILES string of the molecule is COC(=O)C(C)=C1C(=O)CC2(C)OC2CCC2=CC1OC2=O. The van der Waals surface area contributed by atoms with Crippen LogP contribution in [0.2, 0.25) is 0 Å². The molecule has 1 saturated heterocycles. The summed E-state index contributed by atoms with van der Waals surface area (Å²) >= 11 is 0. The molecule has 0 spiro atoms. The first-order valence-electron chi connectivity index (χ1n) is 7.27. The lowest BCUT2D eigenvalue weighted by molar-refractivity contribution is -0.140. The van der Waals surface area contributed by atoms with Crippen LogP contribution in [0.4, 0.5) is 0 Å². The van der Waals surface area contributed by atoms with Crippen molar-refractivity contribution in [2.75, 3.05) is 7.11 Å². The number of carbonyl (C=O) groups is 3. The minimum absolute atomic E-state index is 0.0398. The zero-order valence-electron chi connectivity index (χ0n) is 12.8. The molecule has 22 heavy (non-hydrogen) atoms. The molecule has 0 amide bonds. The van der Waals surface area contributed by atoms with Gasteiger partial charge in [0.25, 0.3) is 0 Å². The second-order valence-electron chi connectivity index (χ2n) is 6.11. The van der Waals surface area contributed by atoms with Crippen molar-refractivity contribution in [3.8, 4) is 0 Å². The quantitative estimate of drug-likeness (QED) is 0.412. The Bertz CT molecular complexity index is 629. The Labute approximate surface area is 128 Å². The van der Waals surface area contributed by atoms with E-state index in [-0.39, 0.29) is 29.5 Å². The number of carbonyl (C=O) groups excluding carboxylic acids is 3. The van der Waals surface area contributed by atoms with E-state index in [1.54, 1.807) is 6.08 Å². The number of methoxy groups -OCH3 is 1. The summed E-state index contributed by atoms with van der Waals surface area (Å²) in [5, 5.41) is 0. The number of hydrogen-bond donors (Lipinski definition) is 0. The zero-order chi connectivity index (χ0) is 16.1. The fourth-order valence-electron chi connectivity index (χ4n) is 3.16. The van der Waals surface area contributed by atoms with Gasteiger partial charge in [0.2, 0.25) is 0 Å². The standard InChI is InChI=1S/C16H18O6/c1-8(14(18)20-3)13-10(17)7-16(2)12(22-16)5-4-9-6-11(13)21-15(9)19/h6,11-12H,4-5,7H2,1-3H3. The first-order valence-corrected chi connectivity index (χ1v) is 7.27. The molecule has 6 nitrogen and oxygen atoms in total. The minimum Gasteiger partial charge on any atom is -0.466 e. The van der Waals surface area contributed by atoms with E-state index in [1.807, 2.05) is 6.92 Å². The third kappa shape index (κ3) is 2.37. The first kappa shape index (κ1) is 15.0. The molecule has 2 bridgehead atoms. The van der Waals surface area contributed by atoms with E-state index in [0.717, 1.165) is 0 Å². The summed E-state index contributed by atoms with van der Waals surface area (Å²) in [5.41, 5.74) is 0.378. The molecule has 2 heterocycles. The maximum Gasteiger partial charge on any atom is 0.334 e. The molecule has 118 valence electrons. The summed E-state index contributed by atoms with van der Waals surface area (Å²) in [6, 6.07) is 0. The number of ketones is 1. The summed E-state index contributed by atoms with van der Waals surface area (Å²) in [6.07, 6.45) is 2.18. The molecule has 1 aliphatic carbocycles. The predicted molar refractivity (Wildman–Crippen MR) is 74.8 cm³/mol. The van der Waals surface area contributed by atoms with Gasteiger partial charge in [0.1, 0.15) is 0 Å². The number of hydrogen-bond acceptors (Lipinski definition) is 6. The largest absolute Gasteiger partial charge is 0.466 e. The minimum atomic E-state index is -0.812. The van der Waals surface area contributed by atoms with Crippen LogP contribution in [0.25, 0.3) is 0 Å². The number of fused-ring (bicyclic) bond motifs is 2. The Morgan fingerprint density at radius 2 is 2.14 bits per heavy atom. The molecule has 0 N–H and O–H groups in total. The Morgan fingerprint density at radius 3 is 2.82 bits per heavy atom. The average molecular weight is 306 g/mol. The van der Waals surface area contributed by atoms with Crippen LogP contribution in [0.3, 0.4) is 0 Å². The highest BCUT2D eigenvalue weighted by atomic mass is 16.6. The van der Waals surface area contributed by atoms with Gasteiger partial charge in [-0.15, -0.1) is 0 Å². The Morgan fingerprint density at radius 1 is 1.41 bits per heavy atom. The van der Waals surface area contributed by atoms with Gasteiger partial charge in [-0.1, -0.05) is 0 Å². The van der Waals surface area contributed by atoms with E-state index in [9.17, 15) is 14.4 Å². The summed E-state index contributed by atoms with van der Waals surface area (Å²) in [7, 11) is 1.25.